The molecule has 0 saturated carbocycles. The SMILES string of the molecule is COc1ccc(C(CNC(=O)c2ccccc2F)c2c[nH]c3ccccc23)cc1. The monoisotopic (exact) mass is 388 g/mol. The van der Waals surface area contributed by atoms with Gasteiger partial charge in [0.05, 0.1) is 12.7 Å². The summed E-state index contributed by atoms with van der Waals surface area (Å²) in [6.07, 6.45) is 1.97. The molecule has 0 aliphatic carbocycles. The second-order valence-electron chi connectivity index (χ2n) is 6.81. The molecule has 0 fully saturated rings. The van der Waals surface area contributed by atoms with Gasteiger partial charge in [-0.3, -0.25) is 4.79 Å². The molecule has 146 valence electrons. The molecule has 0 aliphatic rings. The van der Waals surface area contributed by atoms with Gasteiger partial charge in [0.15, 0.2) is 0 Å². The average Bonchev–Trinajstić information content (AvgIpc) is 3.18. The van der Waals surface area contributed by atoms with Gasteiger partial charge >= 0.3 is 0 Å². The molecule has 1 unspecified atom stereocenters. The number of carbonyl (C=O) groups is 1. The van der Waals surface area contributed by atoms with Crippen LogP contribution in [-0.2, 0) is 0 Å². The number of aromatic nitrogens is 1. The molecule has 0 radical (unpaired) electrons. The molecule has 1 aromatic heterocycles. The molecule has 3 aromatic carbocycles. The predicted octanol–water partition coefficient (Wildman–Crippen LogP) is 4.88. The highest BCUT2D eigenvalue weighted by Gasteiger charge is 2.20. The molecular formula is C24H21FN2O2. The molecule has 1 heterocycles. The summed E-state index contributed by atoms with van der Waals surface area (Å²) in [4.78, 5) is 15.8. The van der Waals surface area contributed by atoms with Crippen LogP contribution in [-0.4, -0.2) is 24.5 Å². The van der Waals surface area contributed by atoms with Crippen molar-refractivity contribution in [3.05, 3.63) is 102 Å². The van der Waals surface area contributed by atoms with Crippen molar-refractivity contribution in [1.82, 2.24) is 10.3 Å². The maximum Gasteiger partial charge on any atom is 0.254 e. The highest BCUT2D eigenvalue weighted by atomic mass is 19.1. The zero-order chi connectivity index (χ0) is 20.2. The number of para-hydroxylation sites is 1. The van der Waals surface area contributed by atoms with Crippen LogP contribution in [0.5, 0.6) is 5.75 Å². The van der Waals surface area contributed by atoms with E-state index in [0.717, 1.165) is 27.8 Å². The lowest BCUT2D eigenvalue weighted by molar-refractivity contribution is 0.0948. The Hall–Kier alpha value is -3.60. The third kappa shape index (κ3) is 3.85. The van der Waals surface area contributed by atoms with Crippen molar-refractivity contribution in [1.29, 1.82) is 0 Å². The summed E-state index contributed by atoms with van der Waals surface area (Å²) in [5, 5.41) is 3.99. The Bertz CT molecular complexity index is 1140. The van der Waals surface area contributed by atoms with Crippen LogP contribution in [0.2, 0.25) is 0 Å². The second-order valence-corrected chi connectivity index (χ2v) is 6.81. The smallest absolute Gasteiger partial charge is 0.254 e. The number of hydrogen-bond donors (Lipinski definition) is 2. The van der Waals surface area contributed by atoms with Crippen LogP contribution < -0.4 is 10.1 Å². The summed E-state index contributed by atoms with van der Waals surface area (Å²) in [5.74, 6) is -0.297. The molecule has 2 N–H and O–H groups in total. The number of amides is 1. The van der Waals surface area contributed by atoms with Crippen molar-refractivity contribution in [3.63, 3.8) is 0 Å². The Labute approximate surface area is 168 Å². The van der Waals surface area contributed by atoms with Gasteiger partial charge in [0.25, 0.3) is 5.91 Å². The molecule has 5 heteroatoms. The Morgan fingerprint density at radius 3 is 2.52 bits per heavy atom. The van der Waals surface area contributed by atoms with Gasteiger partial charge in [-0.2, -0.15) is 0 Å². The first kappa shape index (κ1) is 18.7. The lowest BCUT2D eigenvalue weighted by Crippen LogP contribution is -2.29. The van der Waals surface area contributed by atoms with Gasteiger partial charge in [0, 0.05) is 29.6 Å². The van der Waals surface area contributed by atoms with Crippen LogP contribution >= 0.6 is 0 Å². The van der Waals surface area contributed by atoms with E-state index in [1.165, 1.54) is 12.1 Å². The Kier molecular flexibility index (Phi) is 5.29. The van der Waals surface area contributed by atoms with E-state index in [-0.39, 0.29) is 11.5 Å². The van der Waals surface area contributed by atoms with E-state index in [0.29, 0.717) is 6.54 Å². The van der Waals surface area contributed by atoms with Gasteiger partial charge in [-0.05, 0) is 41.5 Å². The van der Waals surface area contributed by atoms with Crippen LogP contribution in [0.1, 0.15) is 27.4 Å². The second kappa shape index (κ2) is 8.19. The van der Waals surface area contributed by atoms with Crippen LogP contribution in [0.15, 0.2) is 79.0 Å². The number of halogens is 1. The molecule has 29 heavy (non-hydrogen) atoms. The number of benzene rings is 3. The van der Waals surface area contributed by atoms with E-state index in [1.807, 2.05) is 48.7 Å². The number of aromatic amines is 1. The minimum Gasteiger partial charge on any atom is -0.497 e. The maximum absolute atomic E-state index is 14.0. The molecular weight excluding hydrogens is 367 g/mol. The van der Waals surface area contributed by atoms with E-state index < -0.39 is 11.7 Å². The first-order valence-corrected chi connectivity index (χ1v) is 9.40. The van der Waals surface area contributed by atoms with Crippen LogP contribution in [0.25, 0.3) is 10.9 Å². The number of fused-ring (bicyclic) bond motifs is 1. The van der Waals surface area contributed by atoms with Crippen molar-refractivity contribution in [2.24, 2.45) is 0 Å². The highest BCUT2D eigenvalue weighted by Crippen LogP contribution is 2.31. The highest BCUT2D eigenvalue weighted by molar-refractivity contribution is 5.94. The fourth-order valence-electron chi connectivity index (χ4n) is 3.56. The minimum absolute atomic E-state index is 0.0416. The largest absolute Gasteiger partial charge is 0.497 e. The molecule has 1 atom stereocenters. The third-order valence-electron chi connectivity index (χ3n) is 5.10. The summed E-state index contributed by atoms with van der Waals surface area (Å²) in [6, 6.07) is 21.8. The van der Waals surface area contributed by atoms with Crippen molar-refractivity contribution < 1.29 is 13.9 Å². The number of rotatable bonds is 6. The van der Waals surface area contributed by atoms with Gasteiger partial charge in [-0.1, -0.05) is 42.5 Å². The molecule has 1 amide bonds. The Balaban J connectivity index is 1.66. The van der Waals surface area contributed by atoms with Gasteiger partial charge < -0.3 is 15.0 Å². The lowest BCUT2D eigenvalue weighted by Gasteiger charge is -2.19. The van der Waals surface area contributed by atoms with Gasteiger partial charge in [-0.15, -0.1) is 0 Å². The number of carbonyl (C=O) groups excluding carboxylic acids is 1. The topological polar surface area (TPSA) is 54.1 Å². The van der Waals surface area contributed by atoms with Gasteiger partial charge in [0.2, 0.25) is 0 Å². The molecule has 4 rings (SSSR count). The standard InChI is InChI=1S/C24H21FN2O2/c1-29-17-12-10-16(11-13-17)20(21-15-26-23-9-5-3-6-18(21)23)14-27-24(28)19-7-2-4-8-22(19)25/h2-13,15,20,26H,14H2,1H3,(H,27,28). The number of ether oxygens (including phenoxy) is 1. The number of nitrogens with one attached hydrogen (secondary N) is 2. The van der Waals surface area contributed by atoms with E-state index in [2.05, 4.69) is 16.4 Å². The van der Waals surface area contributed by atoms with E-state index in [1.54, 1.807) is 19.2 Å². The lowest BCUT2D eigenvalue weighted by atomic mass is 9.90. The molecule has 0 aliphatic heterocycles. The van der Waals surface area contributed by atoms with Crippen molar-refractivity contribution in [2.45, 2.75) is 5.92 Å². The fourth-order valence-corrected chi connectivity index (χ4v) is 3.56. The van der Waals surface area contributed by atoms with Crippen molar-refractivity contribution in [2.75, 3.05) is 13.7 Å². The van der Waals surface area contributed by atoms with E-state index in [9.17, 15) is 9.18 Å². The molecule has 0 bridgehead atoms. The maximum atomic E-state index is 14.0. The summed E-state index contributed by atoms with van der Waals surface area (Å²) in [5.41, 5.74) is 3.17. The zero-order valence-electron chi connectivity index (χ0n) is 16.0. The summed E-state index contributed by atoms with van der Waals surface area (Å²) in [6.45, 7) is 0.335. The quantitative estimate of drug-likeness (QED) is 0.495. The van der Waals surface area contributed by atoms with Crippen LogP contribution in [0.4, 0.5) is 4.39 Å². The minimum atomic E-state index is -0.530. The van der Waals surface area contributed by atoms with Crippen molar-refractivity contribution >= 4 is 16.8 Å². The molecule has 0 spiro atoms. The predicted molar refractivity (Wildman–Crippen MR) is 112 cm³/mol. The van der Waals surface area contributed by atoms with Crippen LogP contribution in [0.3, 0.4) is 0 Å². The van der Waals surface area contributed by atoms with Gasteiger partial charge in [0.1, 0.15) is 11.6 Å². The number of hydrogen-bond acceptors (Lipinski definition) is 2. The van der Waals surface area contributed by atoms with E-state index >= 15 is 0 Å². The first-order valence-electron chi connectivity index (χ1n) is 9.40. The number of methoxy groups -OCH3 is 1. The summed E-state index contributed by atoms with van der Waals surface area (Å²) < 4.78 is 19.2. The van der Waals surface area contributed by atoms with Crippen LogP contribution in [0, 0.1) is 5.82 Å². The zero-order valence-corrected chi connectivity index (χ0v) is 16.0. The normalized spacial score (nSPS) is 11.9. The first-order chi connectivity index (χ1) is 14.2. The third-order valence-corrected chi connectivity index (χ3v) is 5.10. The van der Waals surface area contributed by atoms with Crippen molar-refractivity contribution in [3.8, 4) is 5.75 Å². The average molecular weight is 388 g/mol. The summed E-state index contributed by atoms with van der Waals surface area (Å²) >= 11 is 0. The number of H-pyrrole nitrogens is 1. The molecule has 4 aromatic rings. The van der Waals surface area contributed by atoms with Gasteiger partial charge in [-0.25, -0.2) is 4.39 Å². The Morgan fingerprint density at radius 1 is 1.03 bits per heavy atom. The summed E-state index contributed by atoms with van der Waals surface area (Å²) in [7, 11) is 1.63. The molecule has 0 saturated heterocycles. The fraction of sp³-hybridized carbons (Fsp3) is 0.125. The Morgan fingerprint density at radius 2 is 1.76 bits per heavy atom. The van der Waals surface area contributed by atoms with E-state index in [4.69, 9.17) is 4.74 Å². The molecule has 4 nitrogen and oxygen atoms in total.